The van der Waals surface area contributed by atoms with Gasteiger partial charge in [-0.1, -0.05) is 6.07 Å². The molecule has 0 bridgehead atoms. The number of nitro groups is 1. The predicted molar refractivity (Wildman–Crippen MR) is 78.3 cm³/mol. The average molecular weight is 340 g/mol. The van der Waals surface area contributed by atoms with E-state index in [1.54, 1.807) is 13.0 Å². The number of rotatable bonds is 5. The number of carbonyl (C=O) groups excluding carboxylic acids is 1. The fraction of sp³-hybridized carbons (Fsp3) is 0.133. The van der Waals surface area contributed by atoms with Crippen LogP contribution >= 0.6 is 0 Å². The molecule has 0 spiro atoms. The van der Waals surface area contributed by atoms with Crippen LogP contribution in [0.1, 0.15) is 5.56 Å². The molecular weight excluding hydrogens is 329 g/mol. The molecule has 0 aromatic heterocycles. The molecule has 0 heterocycles. The van der Waals surface area contributed by atoms with Crippen LogP contribution < -0.4 is 10.1 Å². The first-order valence-electron chi connectivity index (χ1n) is 6.60. The number of hydrogen-bond acceptors (Lipinski definition) is 4. The lowest BCUT2D eigenvalue weighted by molar-refractivity contribution is -0.385. The molecule has 0 radical (unpaired) electrons. The van der Waals surface area contributed by atoms with Gasteiger partial charge in [-0.3, -0.25) is 14.9 Å². The zero-order valence-electron chi connectivity index (χ0n) is 12.3. The van der Waals surface area contributed by atoms with E-state index in [-0.39, 0.29) is 11.4 Å². The van der Waals surface area contributed by atoms with Crippen LogP contribution in [-0.2, 0) is 4.79 Å². The van der Waals surface area contributed by atoms with E-state index in [0.717, 1.165) is 6.07 Å². The van der Waals surface area contributed by atoms with Gasteiger partial charge in [-0.2, -0.15) is 0 Å². The molecule has 6 nitrogen and oxygen atoms in total. The van der Waals surface area contributed by atoms with Crippen LogP contribution in [0.25, 0.3) is 0 Å². The van der Waals surface area contributed by atoms with Crippen molar-refractivity contribution in [3.05, 3.63) is 63.5 Å². The number of carbonyl (C=O) groups is 1. The smallest absolute Gasteiger partial charge is 0.311 e. The number of anilines is 1. The molecule has 0 atom stereocenters. The summed E-state index contributed by atoms with van der Waals surface area (Å²) in [5.41, 5.74) is -0.273. The summed E-state index contributed by atoms with van der Waals surface area (Å²) in [6.45, 7) is 0.970. The van der Waals surface area contributed by atoms with Crippen LogP contribution in [0, 0.1) is 34.5 Å². The van der Waals surface area contributed by atoms with Gasteiger partial charge in [-0.15, -0.1) is 0 Å². The van der Waals surface area contributed by atoms with Crippen molar-refractivity contribution in [2.24, 2.45) is 0 Å². The van der Waals surface area contributed by atoms with E-state index in [1.165, 1.54) is 12.1 Å². The van der Waals surface area contributed by atoms with Gasteiger partial charge in [-0.05, 0) is 30.7 Å². The Kier molecular flexibility index (Phi) is 5.02. The van der Waals surface area contributed by atoms with Crippen molar-refractivity contribution in [2.45, 2.75) is 6.92 Å². The molecule has 0 fully saturated rings. The Labute approximate surface area is 134 Å². The second-order valence-corrected chi connectivity index (χ2v) is 4.79. The standard InChI is InChI=1S/C15H11F3N2O4/c1-8-2-5-12(11(6-8)20(22)23)24-7-13(21)19-10-4-3-9(16)14(17)15(10)18/h2-6H,7H2,1H3,(H,19,21). The minimum atomic E-state index is -1.72. The number of halogens is 3. The van der Waals surface area contributed by atoms with Gasteiger partial charge in [0.25, 0.3) is 5.91 Å². The summed E-state index contributed by atoms with van der Waals surface area (Å²) in [5.74, 6) is -5.70. The molecule has 2 aromatic carbocycles. The Morgan fingerprint density at radius 3 is 2.58 bits per heavy atom. The van der Waals surface area contributed by atoms with E-state index in [1.807, 2.05) is 5.32 Å². The molecule has 2 rings (SSSR count). The fourth-order valence-corrected chi connectivity index (χ4v) is 1.84. The second-order valence-electron chi connectivity index (χ2n) is 4.79. The Bertz CT molecular complexity index is 812. The summed E-state index contributed by atoms with van der Waals surface area (Å²) in [6, 6.07) is 5.63. The first-order valence-corrected chi connectivity index (χ1v) is 6.60. The molecule has 0 saturated carbocycles. The highest BCUT2D eigenvalue weighted by Gasteiger charge is 2.18. The van der Waals surface area contributed by atoms with E-state index >= 15 is 0 Å². The van der Waals surface area contributed by atoms with Crippen molar-refractivity contribution in [2.75, 3.05) is 11.9 Å². The maximum absolute atomic E-state index is 13.4. The maximum Gasteiger partial charge on any atom is 0.311 e. The number of benzene rings is 2. The van der Waals surface area contributed by atoms with Gasteiger partial charge in [-0.25, -0.2) is 13.2 Å². The molecule has 126 valence electrons. The normalized spacial score (nSPS) is 10.3. The van der Waals surface area contributed by atoms with E-state index in [2.05, 4.69) is 0 Å². The molecule has 0 aliphatic heterocycles. The molecule has 24 heavy (non-hydrogen) atoms. The Morgan fingerprint density at radius 2 is 1.92 bits per heavy atom. The minimum Gasteiger partial charge on any atom is -0.477 e. The van der Waals surface area contributed by atoms with Crippen molar-refractivity contribution in [3.63, 3.8) is 0 Å². The zero-order chi connectivity index (χ0) is 17.9. The Morgan fingerprint density at radius 1 is 1.21 bits per heavy atom. The highest BCUT2D eigenvalue weighted by atomic mass is 19.2. The number of ether oxygens (including phenoxy) is 1. The predicted octanol–water partition coefficient (Wildman–Crippen LogP) is 3.34. The van der Waals surface area contributed by atoms with Crippen LogP contribution in [-0.4, -0.2) is 17.4 Å². The van der Waals surface area contributed by atoms with Crippen molar-refractivity contribution in [3.8, 4) is 5.75 Å². The maximum atomic E-state index is 13.4. The monoisotopic (exact) mass is 340 g/mol. The van der Waals surface area contributed by atoms with Crippen LogP contribution in [0.5, 0.6) is 5.75 Å². The summed E-state index contributed by atoms with van der Waals surface area (Å²) in [4.78, 5) is 21.9. The molecule has 0 aliphatic rings. The highest BCUT2D eigenvalue weighted by Crippen LogP contribution is 2.27. The van der Waals surface area contributed by atoms with Crippen molar-refractivity contribution >= 4 is 17.3 Å². The van der Waals surface area contributed by atoms with Gasteiger partial charge in [0.05, 0.1) is 10.6 Å². The van der Waals surface area contributed by atoms with E-state index in [0.29, 0.717) is 11.6 Å². The number of hydrogen-bond donors (Lipinski definition) is 1. The van der Waals surface area contributed by atoms with Crippen LogP contribution in [0.4, 0.5) is 24.5 Å². The third-order valence-corrected chi connectivity index (χ3v) is 2.98. The lowest BCUT2D eigenvalue weighted by atomic mass is 10.2. The van der Waals surface area contributed by atoms with Crippen molar-refractivity contribution in [1.82, 2.24) is 0 Å². The van der Waals surface area contributed by atoms with Crippen molar-refractivity contribution < 1.29 is 27.6 Å². The number of nitrogens with zero attached hydrogens (tertiary/aromatic N) is 1. The third-order valence-electron chi connectivity index (χ3n) is 2.98. The molecule has 1 amide bonds. The molecule has 1 N–H and O–H groups in total. The van der Waals surface area contributed by atoms with Gasteiger partial charge in [0.2, 0.25) is 0 Å². The SMILES string of the molecule is Cc1ccc(OCC(=O)Nc2ccc(F)c(F)c2F)c([N+](=O)[O-])c1. The van der Waals surface area contributed by atoms with Gasteiger partial charge < -0.3 is 10.1 Å². The third kappa shape index (κ3) is 3.80. The molecule has 2 aromatic rings. The van der Waals surface area contributed by atoms with Crippen LogP contribution in [0.15, 0.2) is 30.3 Å². The van der Waals surface area contributed by atoms with Crippen molar-refractivity contribution in [1.29, 1.82) is 0 Å². The van der Waals surface area contributed by atoms with Gasteiger partial charge in [0.1, 0.15) is 0 Å². The van der Waals surface area contributed by atoms with E-state index < -0.39 is 40.6 Å². The minimum absolute atomic E-state index is 0.147. The quantitative estimate of drug-likeness (QED) is 0.514. The highest BCUT2D eigenvalue weighted by molar-refractivity contribution is 5.92. The molecule has 0 unspecified atom stereocenters. The summed E-state index contributed by atoms with van der Waals surface area (Å²) in [6.07, 6.45) is 0. The second kappa shape index (κ2) is 6.99. The molecule has 0 saturated heterocycles. The number of amides is 1. The lowest BCUT2D eigenvalue weighted by Gasteiger charge is -2.09. The topological polar surface area (TPSA) is 81.5 Å². The Balaban J connectivity index is 2.07. The fourth-order valence-electron chi connectivity index (χ4n) is 1.84. The summed E-state index contributed by atoms with van der Waals surface area (Å²) in [7, 11) is 0. The largest absolute Gasteiger partial charge is 0.477 e. The summed E-state index contributed by atoms with van der Waals surface area (Å²) >= 11 is 0. The molecule has 9 heteroatoms. The van der Waals surface area contributed by atoms with Gasteiger partial charge >= 0.3 is 5.69 Å². The molecular formula is C15H11F3N2O4. The number of nitrogens with one attached hydrogen (secondary N) is 1. The van der Waals surface area contributed by atoms with Gasteiger partial charge in [0, 0.05) is 6.07 Å². The van der Waals surface area contributed by atoms with E-state index in [9.17, 15) is 28.1 Å². The molecule has 0 aliphatic carbocycles. The summed E-state index contributed by atoms with van der Waals surface area (Å²) < 4.78 is 44.3. The van der Waals surface area contributed by atoms with Crippen LogP contribution in [0.3, 0.4) is 0 Å². The average Bonchev–Trinajstić information content (AvgIpc) is 2.54. The van der Waals surface area contributed by atoms with Gasteiger partial charge in [0.15, 0.2) is 29.8 Å². The first-order chi connectivity index (χ1) is 11.3. The first kappa shape index (κ1) is 17.3. The number of aryl methyl sites for hydroxylation is 1. The number of nitro benzene ring substituents is 1. The van der Waals surface area contributed by atoms with E-state index in [4.69, 9.17) is 4.74 Å². The van der Waals surface area contributed by atoms with Crippen LogP contribution in [0.2, 0.25) is 0 Å². The zero-order valence-corrected chi connectivity index (χ0v) is 12.3. The lowest BCUT2D eigenvalue weighted by Crippen LogP contribution is -2.21. The Hall–Kier alpha value is -3.10. The summed E-state index contributed by atoms with van der Waals surface area (Å²) in [5, 5.41) is 12.9.